The molecule has 0 saturated heterocycles. The highest BCUT2D eigenvalue weighted by atomic mass is 16.1. The highest BCUT2D eigenvalue weighted by Crippen LogP contribution is 2.24. The van der Waals surface area contributed by atoms with Crippen LogP contribution in [0.15, 0.2) is 30.6 Å². The lowest BCUT2D eigenvalue weighted by molar-refractivity contribution is 0.0964. The normalized spacial score (nSPS) is 11.9. The predicted octanol–water partition coefficient (Wildman–Crippen LogP) is 1.52. The first-order valence-corrected chi connectivity index (χ1v) is 5.98. The first kappa shape index (κ1) is 12.9. The Hall–Kier alpha value is -2.50. The number of nitrogens with one attached hydrogen (secondary N) is 3. The van der Waals surface area contributed by atoms with Gasteiger partial charge in [-0.15, -0.1) is 0 Å². The maximum absolute atomic E-state index is 11.8. The van der Waals surface area contributed by atoms with Gasteiger partial charge in [-0.05, 0) is 25.1 Å². The lowest BCUT2D eigenvalue weighted by atomic mass is 10.1. The number of carbonyl (C=O) groups excluding carboxylic acids is 1. The first-order valence-electron chi connectivity index (χ1n) is 5.98. The molecule has 0 bridgehead atoms. The van der Waals surface area contributed by atoms with E-state index >= 15 is 0 Å². The Bertz CT molecular complexity index is 564. The number of anilines is 2. The number of nitrogen functional groups attached to an aromatic ring is 1. The molecule has 2 rings (SSSR count). The first-order chi connectivity index (χ1) is 9.11. The number of nitrogens with two attached hydrogens (primary N) is 1. The Balaban J connectivity index is 2.28. The van der Waals surface area contributed by atoms with Crippen LogP contribution in [0.2, 0.25) is 0 Å². The molecule has 100 valence electrons. The van der Waals surface area contributed by atoms with Crippen molar-refractivity contribution < 1.29 is 4.79 Å². The number of hydrogen-bond acceptors (Lipinski definition) is 4. The van der Waals surface area contributed by atoms with Gasteiger partial charge in [0.25, 0.3) is 5.91 Å². The van der Waals surface area contributed by atoms with E-state index in [1.54, 1.807) is 31.4 Å². The molecular formula is C13H17N5O. The van der Waals surface area contributed by atoms with E-state index in [1.165, 1.54) is 0 Å². The summed E-state index contributed by atoms with van der Waals surface area (Å²) >= 11 is 0. The van der Waals surface area contributed by atoms with Crippen LogP contribution in [0.25, 0.3) is 0 Å². The fourth-order valence-electron chi connectivity index (χ4n) is 1.83. The molecule has 2 aromatic rings. The van der Waals surface area contributed by atoms with Gasteiger partial charge in [0.2, 0.25) is 0 Å². The molecule has 1 atom stereocenters. The molecule has 1 unspecified atom stereocenters. The second-order valence-electron chi connectivity index (χ2n) is 4.28. The molecule has 1 amide bonds. The quantitative estimate of drug-likeness (QED) is 0.626. The summed E-state index contributed by atoms with van der Waals surface area (Å²) in [6.07, 6.45) is 3.55. The number of hydrogen-bond donors (Lipinski definition) is 4. The van der Waals surface area contributed by atoms with Crippen LogP contribution in [0, 0.1) is 0 Å². The third-order valence-corrected chi connectivity index (χ3v) is 2.91. The standard InChI is InChI=1S/C13H17N5O/c1-8(9-6-16-17-7-9)18-12-5-10(14)3-4-11(12)13(19)15-2/h3-8,18H,14H2,1-2H3,(H,15,19)(H,16,17). The fraction of sp³-hybridized carbons (Fsp3) is 0.231. The van der Waals surface area contributed by atoms with E-state index in [1.807, 2.05) is 13.1 Å². The number of aromatic nitrogens is 2. The maximum Gasteiger partial charge on any atom is 0.253 e. The van der Waals surface area contributed by atoms with E-state index in [4.69, 9.17) is 5.73 Å². The minimum absolute atomic E-state index is 0.0176. The second-order valence-corrected chi connectivity index (χ2v) is 4.28. The van der Waals surface area contributed by atoms with Crippen LogP contribution in [0.3, 0.4) is 0 Å². The van der Waals surface area contributed by atoms with Gasteiger partial charge < -0.3 is 16.4 Å². The molecule has 5 N–H and O–H groups in total. The van der Waals surface area contributed by atoms with Crippen LogP contribution in [0.4, 0.5) is 11.4 Å². The van der Waals surface area contributed by atoms with E-state index in [9.17, 15) is 4.79 Å². The monoisotopic (exact) mass is 259 g/mol. The van der Waals surface area contributed by atoms with E-state index in [-0.39, 0.29) is 11.9 Å². The third kappa shape index (κ3) is 2.85. The minimum atomic E-state index is -0.151. The fourth-order valence-corrected chi connectivity index (χ4v) is 1.83. The molecule has 6 heteroatoms. The molecule has 1 heterocycles. The van der Waals surface area contributed by atoms with Crippen molar-refractivity contribution in [1.82, 2.24) is 15.5 Å². The lowest BCUT2D eigenvalue weighted by Crippen LogP contribution is -2.20. The maximum atomic E-state index is 11.8. The van der Waals surface area contributed by atoms with Crippen LogP contribution >= 0.6 is 0 Å². The summed E-state index contributed by atoms with van der Waals surface area (Å²) in [7, 11) is 1.60. The van der Waals surface area contributed by atoms with Crippen LogP contribution in [0.1, 0.15) is 28.9 Å². The summed E-state index contributed by atoms with van der Waals surface area (Å²) in [6, 6.07) is 5.18. The average molecular weight is 259 g/mol. The number of carbonyl (C=O) groups is 1. The predicted molar refractivity (Wildman–Crippen MR) is 74.9 cm³/mol. The second kappa shape index (κ2) is 5.43. The molecule has 0 aliphatic heterocycles. The molecule has 1 aromatic heterocycles. The van der Waals surface area contributed by atoms with E-state index in [2.05, 4.69) is 20.8 Å². The third-order valence-electron chi connectivity index (χ3n) is 2.91. The highest BCUT2D eigenvalue weighted by molar-refractivity contribution is 6.00. The van der Waals surface area contributed by atoms with Crippen molar-refractivity contribution in [3.63, 3.8) is 0 Å². The van der Waals surface area contributed by atoms with Crippen molar-refractivity contribution >= 4 is 17.3 Å². The summed E-state index contributed by atoms with van der Waals surface area (Å²) in [5.41, 5.74) is 8.65. The molecule has 0 aliphatic carbocycles. The van der Waals surface area contributed by atoms with Gasteiger partial charge in [-0.25, -0.2) is 0 Å². The molecule has 0 aliphatic rings. The largest absolute Gasteiger partial charge is 0.399 e. The number of nitrogens with zero attached hydrogens (tertiary/aromatic N) is 1. The highest BCUT2D eigenvalue weighted by Gasteiger charge is 2.13. The Kier molecular flexibility index (Phi) is 3.70. The Morgan fingerprint density at radius 3 is 2.89 bits per heavy atom. The van der Waals surface area contributed by atoms with Crippen LogP contribution in [-0.4, -0.2) is 23.2 Å². The van der Waals surface area contributed by atoms with Gasteiger partial charge in [-0.2, -0.15) is 5.10 Å². The van der Waals surface area contributed by atoms with Crippen molar-refractivity contribution in [2.45, 2.75) is 13.0 Å². The Morgan fingerprint density at radius 1 is 1.47 bits per heavy atom. The van der Waals surface area contributed by atoms with Gasteiger partial charge in [0.05, 0.1) is 17.8 Å². The molecule has 0 radical (unpaired) electrons. The summed E-state index contributed by atoms with van der Waals surface area (Å²) in [4.78, 5) is 11.8. The number of amides is 1. The van der Waals surface area contributed by atoms with Gasteiger partial charge in [0.15, 0.2) is 0 Å². The molecular weight excluding hydrogens is 242 g/mol. The number of rotatable bonds is 4. The van der Waals surface area contributed by atoms with Crippen molar-refractivity contribution in [3.8, 4) is 0 Å². The van der Waals surface area contributed by atoms with Crippen LogP contribution in [0.5, 0.6) is 0 Å². The summed E-state index contributed by atoms with van der Waals surface area (Å²) in [5.74, 6) is -0.151. The van der Waals surface area contributed by atoms with Crippen LogP contribution < -0.4 is 16.4 Å². The molecule has 1 aromatic carbocycles. The molecule has 6 nitrogen and oxygen atoms in total. The van der Waals surface area contributed by atoms with E-state index < -0.39 is 0 Å². The zero-order valence-corrected chi connectivity index (χ0v) is 10.9. The van der Waals surface area contributed by atoms with Crippen molar-refractivity contribution in [2.24, 2.45) is 0 Å². The van der Waals surface area contributed by atoms with E-state index in [0.717, 1.165) is 5.56 Å². The lowest BCUT2D eigenvalue weighted by Gasteiger charge is -2.17. The Labute approximate surface area is 111 Å². The number of H-pyrrole nitrogens is 1. The minimum Gasteiger partial charge on any atom is -0.399 e. The molecule has 0 spiro atoms. The number of benzene rings is 1. The SMILES string of the molecule is CNC(=O)c1ccc(N)cc1NC(C)c1cn[nH]c1. The zero-order valence-electron chi connectivity index (χ0n) is 10.9. The van der Waals surface area contributed by atoms with Crippen molar-refractivity contribution in [1.29, 1.82) is 0 Å². The van der Waals surface area contributed by atoms with Gasteiger partial charge in [-0.3, -0.25) is 9.89 Å². The zero-order chi connectivity index (χ0) is 13.8. The summed E-state index contributed by atoms with van der Waals surface area (Å²) < 4.78 is 0. The summed E-state index contributed by atoms with van der Waals surface area (Å²) in [5, 5.41) is 12.5. The molecule has 19 heavy (non-hydrogen) atoms. The van der Waals surface area contributed by atoms with Crippen LogP contribution in [-0.2, 0) is 0 Å². The molecule has 0 fully saturated rings. The Morgan fingerprint density at radius 2 is 2.26 bits per heavy atom. The van der Waals surface area contributed by atoms with Gasteiger partial charge in [0.1, 0.15) is 0 Å². The van der Waals surface area contributed by atoms with E-state index in [0.29, 0.717) is 16.9 Å². The topological polar surface area (TPSA) is 95.8 Å². The molecule has 0 saturated carbocycles. The van der Waals surface area contributed by atoms with Crippen molar-refractivity contribution in [3.05, 3.63) is 41.7 Å². The average Bonchev–Trinajstić information content (AvgIpc) is 2.92. The smallest absolute Gasteiger partial charge is 0.253 e. The van der Waals surface area contributed by atoms with Gasteiger partial charge >= 0.3 is 0 Å². The number of aromatic amines is 1. The van der Waals surface area contributed by atoms with Crippen molar-refractivity contribution in [2.75, 3.05) is 18.1 Å². The van der Waals surface area contributed by atoms with Gasteiger partial charge in [-0.1, -0.05) is 0 Å². The summed E-state index contributed by atoms with van der Waals surface area (Å²) in [6.45, 7) is 1.99. The van der Waals surface area contributed by atoms with Gasteiger partial charge in [0, 0.05) is 30.2 Å².